The van der Waals surface area contributed by atoms with E-state index in [2.05, 4.69) is 46.3 Å². The number of carbonyl (C=O) groups excluding carboxylic acids is 1. The van der Waals surface area contributed by atoms with Gasteiger partial charge in [-0.1, -0.05) is 48.5 Å². The van der Waals surface area contributed by atoms with Gasteiger partial charge in [0.05, 0.1) is 21.7 Å². The van der Waals surface area contributed by atoms with Crippen LogP contribution in [-0.4, -0.2) is 41.5 Å². The standard InChI is InChI=1S/C23H49NO4SSi/c1-16(2)30(17(3)4,18(5)6)27-15-14-20(24-29(26)23(11,12)13)19(7)21(25)28-22(8,9)10/h16-20,24H,14-15H2,1-13H3/t19-,20+,29-/m0/s1. The van der Waals surface area contributed by atoms with Crippen LogP contribution in [0.2, 0.25) is 16.6 Å². The molecule has 0 aliphatic carbocycles. The zero-order chi connectivity index (χ0) is 24.1. The molecule has 0 radical (unpaired) electrons. The van der Waals surface area contributed by atoms with E-state index in [0.29, 0.717) is 29.7 Å². The minimum Gasteiger partial charge on any atom is -0.460 e. The van der Waals surface area contributed by atoms with Gasteiger partial charge in [0.2, 0.25) is 0 Å². The molecule has 0 aromatic carbocycles. The second-order valence-electron chi connectivity index (χ2n) is 11.4. The van der Waals surface area contributed by atoms with Crippen molar-refractivity contribution in [2.45, 2.75) is 129 Å². The maximum Gasteiger partial charge on any atom is 0.310 e. The van der Waals surface area contributed by atoms with Crippen LogP contribution < -0.4 is 4.72 Å². The monoisotopic (exact) mass is 463 g/mol. The van der Waals surface area contributed by atoms with E-state index >= 15 is 0 Å². The molecule has 180 valence electrons. The normalized spacial score (nSPS) is 16.8. The molecule has 0 saturated carbocycles. The molecule has 0 saturated heterocycles. The fraction of sp³-hybridized carbons (Fsp3) is 0.957. The van der Waals surface area contributed by atoms with Crippen molar-refractivity contribution in [3.63, 3.8) is 0 Å². The molecule has 0 aromatic heterocycles. The predicted octanol–water partition coefficient (Wildman–Crippen LogP) is 5.97. The fourth-order valence-electron chi connectivity index (χ4n) is 4.15. The van der Waals surface area contributed by atoms with Gasteiger partial charge in [0.1, 0.15) is 5.60 Å². The lowest BCUT2D eigenvalue weighted by atomic mass is 10.00. The van der Waals surface area contributed by atoms with Gasteiger partial charge in [-0.25, -0.2) is 8.93 Å². The van der Waals surface area contributed by atoms with Crippen LogP contribution in [0.1, 0.15) is 96.4 Å². The zero-order valence-electron chi connectivity index (χ0n) is 21.8. The number of ether oxygens (including phenoxy) is 1. The number of hydrogen-bond donors (Lipinski definition) is 1. The molecule has 0 rings (SSSR count). The molecule has 0 heterocycles. The fourth-order valence-corrected chi connectivity index (χ4v) is 10.6. The molecular formula is C23H49NO4SSi. The smallest absolute Gasteiger partial charge is 0.310 e. The summed E-state index contributed by atoms with van der Waals surface area (Å²) in [5, 5.41) is 0. The molecule has 0 aliphatic heterocycles. The van der Waals surface area contributed by atoms with E-state index in [1.807, 2.05) is 48.5 Å². The van der Waals surface area contributed by atoms with Crippen LogP contribution in [0.15, 0.2) is 0 Å². The summed E-state index contributed by atoms with van der Waals surface area (Å²) in [6, 6.07) is -0.280. The van der Waals surface area contributed by atoms with Crippen molar-refractivity contribution in [1.29, 1.82) is 0 Å². The summed E-state index contributed by atoms with van der Waals surface area (Å²) in [7, 11) is -3.27. The minimum atomic E-state index is -1.99. The van der Waals surface area contributed by atoms with Crippen LogP contribution in [-0.2, 0) is 24.9 Å². The molecule has 0 bridgehead atoms. The van der Waals surface area contributed by atoms with Crippen molar-refractivity contribution in [2.24, 2.45) is 5.92 Å². The summed E-state index contributed by atoms with van der Waals surface area (Å²) >= 11 is 0. The predicted molar refractivity (Wildman–Crippen MR) is 131 cm³/mol. The van der Waals surface area contributed by atoms with Crippen LogP contribution in [0.3, 0.4) is 0 Å². The second kappa shape index (κ2) is 11.6. The number of nitrogens with one attached hydrogen (secondary N) is 1. The number of carbonyl (C=O) groups is 1. The third-order valence-electron chi connectivity index (χ3n) is 5.68. The lowest BCUT2D eigenvalue weighted by Gasteiger charge is -2.42. The first-order chi connectivity index (χ1) is 13.4. The first-order valence-corrected chi connectivity index (χ1v) is 14.7. The van der Waals surface area contributed by atoms with Gasteiger partial charge in [0.15, 0.2) is 8.32 Å². The largest absolute Gasteiger partial charge is 0.460 e. The van der Waals surface area contributed by atoms with Crippen molar-refractivity contribution in [1.82, 2.24) is 4.72 Å². The number of esters is 1. The molecule has 0 amide bonds. The molecule has 0 spiro atoms. The Labute approximate surface area is 190 Å². The Hall–Kier alpha value is -0.243. The van der Waals surface area contributed by atoms with Gasteiger partial charge in [-0.05, 0) is 64.6 Å². The van der Waals surface area contributed by atoms with Gasteiger partial charge >= 0.3 is 5.97 Å². The Morgan fingerprint density at radius 1 is 0.900 bits per heavy atom. The average Bonchev–Trinajstić information content (AvgIpc) is 2.53. The van der Waals surface area contributed by atoms with Gasteiger partial charge in [-0.2, -0.15) is 0 Å². The van der Waals surface area contributed by atoms with E-state index in [1.54, 1.807) is 0 Å². The molecule has 0 aromatic rings. The first kappa shape index (κ1) is 29.8. The highest BCUT2D eigenvalue weighted by molar-refractivity contribution is 7.84. The van der Waals surface area contributed by atoms with Crippen LogP contribution >= 0.6 is 0 Å². The lowest BCUT2D eigenvalue weighted by Crippen LogP contribution is -2.50. The molecule has 3 atom stereocenters. The summed E-state index contributed by atoms with van der Waals surface area (Å²) in [6.07, 6.45) is 0.614. The van der Waals surface area contributed by atoms with E-state index < -0.39 is 35.6 Å². The highest BCUT2D eigenvalue weighted by Crippen LogP contribution is 2.42. The Balaban J connectivity index is 5.53. The maximum atomic E-state index is 12.8. The molecule has 5 nitrogen and oxygen atoms in total. The van der Waals surface area contributed by atoms with Crippen molar-refractivity contribution < 1.29 is 18.2 Å². The summed E-state index contributed by atoms with van der Waals surface area (Å²) in [5.74, 6) is -0.696. The van der Waals surface area contributed by atoms with Crippen molar-refractivity contribution in [3.8, 4) is 0 Å². The van der Waals surface area contributed by atoms with Crippen molar-refractivity contribution in [3.05, 3.63) is 0 Å². The van der Waals surface area contributed by atoms with Gasteiger partial charge in [0.25, 0.3) is 0 Å². The van der Waals surface area contributed by atoms with Gasteiger partial charge in [-0.15, -0.1) is 0 Å². The van der Waals surface area contributed by atoms with Crippen LogP contribution in [0.4, 0.5) is 0 Å². The average molecular weight is 464 g/mol. The summed E-state index contributed by atoms with van der Waals surface area (Å²) in [6.45, 7) is 27.4. The molecule has 0 aliphatic rings. The van der Waals surface area contributed by atoms with E-state index in [-0.39, 0.29) is 12.0 Å². The van der Waals surface area contributed by atoms with Gasteiger partial charge < -0.3 is 9.16 Å². The minimum absolute atomic E-state index is 0.272. The molecule has 0 fully saturated rings. The Morgan fingerprint density at radius 2 is 1.33 bits per heavy atom. The lowest BCUT2D eigenvalue weighted by molar-refractivity contribution is -0.160. The third kappa shape index (κ3) is 8.71. The van der Waals surface area contributed by atoms with E-state index in [4.69, 9.17) is 9.16 Å². The molecule has 1 N–H and O–H groups in total. The molecule has 30 heavy (non-hydrogen) atoms. The summed E-state index contributed by atoms with van der Waals surface area (Å²) in [4.78, 5) is 12.7. The van der Waals surface area contributed by atoms with Gasteiger partial charge in [-0.3, -0.25) is 4.79 Å². The second-order valence-corrected chi connectivity index (χ2v) is 18.8. The SMILES string of the molecule is CC(C)[Si](OCC[C@@H](N[S@@](=O)C(C)(C)C)[C@H](C)C(=O)OC(C)(C)C)(C(C)C)C(C)C. The Bertz CT molecular complexity index is 543. The Kier molecular flexibility index (Phi) is 11.5. The topological polar surface area (TPSA) is 64.6 Å². The van der Waals surface area contributed by atoms with Crippen LogP contribution in [0.5, 0.6) is 0 Å². The summed E-state index contributed by atoms with van der Waals surface area (Å²) in [5.41, 5.74) is 0.938. The van der Waals surface area contributed by atoms with E-state index in [9.17, 15) is 9.00 Å². The van der Waals surface area contributed by atoms with Crippen LogP contribution in [0.25, 0.3) is 0 Å². The van der Waals surface area contributed by atoms with Crippen LogP contribution in [0, 0.1) is 5.92 Å². The maximum absolute atomic E-state index is 12.8. The highest BCUT2D eigenvalue weighted by atomic mass is 32.2. The molecule has 7 heteroatoms. The quantitative estimate of drug-likeness (QED) is 0.303. The highest BCUT2D eigenvalue weighted by Gasteiger charge is 2.45. The first-order valence-electron chi connectivity index (χ1n) is 11.4. The molecular weight excluding hydrogens is 414 g/mol. The molecule has 0 unspecified atom stereocenters. The van der Waals surface area contributed by atoms with E-state index in [0.717, 1.165) is 0 Å². The van der Waals surface area contributed by atoms with Crippen molar-refractivity contribution in [2.75, 3.05) is 6.61 Å². The number of hydrogen-bond acceptors (Lipinski definition) is 4. The Morgan fingerprint density at radius 3 is 1.67 bits per heavy atom. The zero-order valence-corrected chi connectivity index (χ0v) is 23.7. The third-order valence-corrected chi connectivity index (χ3v) is 13.4. The summed E-state index contributed by atoms with van der Waals surface area (Å²) < 4.78 is 27.9. The van der Waals surface area contributed by atoms with Gasteiger partial charge in [0, 0.05) is 12.6 Å². The van der Waals surface area contributed by atoms with Crippen molar-refractivity contribution >= 4 is 25.3 Å². The van der Waals surface area contributed by atoms with E-state index in [1.165, 1.54) is 0 Å². The number of rotatable bonds is 11.